The van der Waals surface area contributed by atoms with Crippen LogP contribution in [0.3, 0.4) is 0 Å². The van der Waals surface area contributed by atoms with E-state index in [4.69, 9.17) is 17.3 Å². The number of benzene rings is 1. The summed E-state index contributed by atoms with van der Waals surface area (Å²) in [5.74, 6) is -1.50. The summed E-state index contributed by atoms with van der Waals surface area (Å²) in [7, 11) is 3.20. The van der Waals surface area contributed by atoms with Gasteiger partial charge in [-0.3, -0.25) is 0 Å². The van der Waals surface area contributed by atoms with Crippen LogP contribution in [0.15, 0.2) is 18.2 Å². The van der Waals surface area contributed by atoms with E-state index >= 15 is 0 Å². The van der Waals surface area contributed by atoms with E-state index < -0.39 is 11.8 Å². The van der Waals surface area contributed by atoms with Crippen LogP contribution in [0.1, 0.15) is 16.1 Å². The second kappa shape index (κ2) is 5.70. The van der Waals surface area contributed by atoms with Crippen LogP contribution < -0.4 is 10.6 Å². The quantitative estimate of drug-likeness (QED) is 0.855. The third-order valence-electron chi connectivity index (χ3n) is 3.97. The lowest BCUT2D eigenvalue weighted by molar-refractivity contribution is 0.0594. The summed E-state index contributed by atoms with van der Waals surface area (Å²) in [6, 6.07) is 5.51. The lowest BCUT2D eigenvalue weighted by Crippen LogP contribution is -2.12. The number of halogens is 2. The molecule has 1 aliphatic heterocycles. The largest absolute Gasteiger partial charge is 0.464 e. The van der Waals surface area contributed by atoms with E-state index in [1.165, 1.54) is 7.11 Å². The fourth-order valence-electron chi connectivity index (χ4n) is 2.70. The first-order valence-electron chi connectivity index (χ1n) is 7.01. The molecule has 5 nitrogen and oxygen atoms in total. The highest BCUT2D eigenvalue weighted by molar-refractivity contribution is 6.35. The molecular formula is C16H15ClFN3O2. The molecule has 1 aromatic heterocycles. The number of nitrogens with two attached hydrogens (primary N) is 1. The molecule has 0 unspecified atom stereocenters. The van der Waals surface area contributed by atoms with Gasteiger partial charge in [0.05, 0.1) is 17.8 Å². The molecule has 2 N–H and O–H groups in total. The average Bonchev–Trinajstić information content (AvgIpc) is 2.93. The maximum Gasteiger partial charge on any atom is 0.358 e. The topological polar surface area (TPSA) is 68.5 Å². The van der Waals surface area contributed by atoms with E-state index in [2.05, 4.69) is 14.6 Å². The number of ether oxygens (including phenoxy) is 1. The fourth-order valence-corrected chi connectivity index (χ4v) is 2.90. The van der Waals surface area contributed by atoms with Crippen molar-refractivity contribution in [2.75, 3.05) is 31.3 Å². The summed E-state index contributed by atoms with van der Waals surface area (Å²) in [6.07, 6.45) is 0.869. The number of pyridine rings is 1. The average molecular weight is 336 g/mol. The number of rotatable bonds is 2. The molecule has 0 radical (unpaired) electrons. The van der Waals surface area contributed by atoms with Crippen LogP contribution >= 0.6 is 11.6 Å². The Morgan fingerprint density at radius 3 is 2.91 bits per heavy atom. The molecule has 2 aromatic rings. The predicted octanol–water partition coefficient (Wildman–Crippen LogP) is 2.90. The molecule has 0 saturated heterocycles. The summed E-state index contributed by atoms with van der Waals surface area (Å²) in [5.41, 5.74) is 7.92. The van der Waals surface area contributed by atoms with Gasteiger partial charge in [-0.15, -0.1) is 0 Å². The van der Waals surface area contributed by atoms with Crippen molar-refractivity contribution in [3.8, 4) is 11.3 Å². The second-order valence-electron chi connectivity index (χ2n) is 5.36. The third-order valence-corrected chi connectivity index (χ3v) is 4.35. The summed E-state index contributed by atoms with van der Waals surface area (Å²) in [4.78, 5) is 17.9. The number of hydrogen-bond donors (Lipinski definition) is 1. The first-order valence-corrected chi connectivity index (χ1v) is 7.39. The molecule has 0 fully saturated rings. The number of aromatic nitrogens is 1. The minimum Gasteiger partial charge on any atom is -0.464 e. The molecule has 0 aliphatic carbocycles. The second-order valence-corrected chi connectivity index (χ2v) is 5.74. The highest BCUT2D eigenvalue weighted by Crippen LogP contribution is 2.35. The molecule has 120 valence electrons. The van der Waals surface area contributed by atoms with Crippen LogP contribution in [0.4, 0.5) is 15.8 Å². The van der Waals surface area contributed by atoms with Crippen molar-refractivity contribution in [3.05, 3.63) is 40.3 Å². The first kappa shape index (κ1) is 15.6. The molecule has 0 saturated carbocycles. The SMILES string of the molecule is COC(=O)c1nc(-c2ccc3c(c2)CCN3C)c(F)c(N)c1Cl. The lowest BCUT2D eigenvalue weighted by atomic mass is 10.0. The number of esters is 1. The molecule has 1 aliphatic rings. The molecule has 0 spiro atoms. The Balaban J connectivity index is 2.17. The van der Waals surface area contributed by atoms with Crippen LogP contribution in [0, 0.1) is 5.82 Å². The Labute approximate surface area is 137 Å². The zero-order valence-electron chi connectivity index (χ0n) is 12.7. The van der Waals surface area contributed by atoms with Crippen molar-refractivity contribution in [1.82, 2.24) is 4.98 Å². The van der Waals surface area contributed by atoms with Crippen molar-refractivity contribution >= 4 is 28.9 Å². The number of carbonyl (C=O) groups excluding carboxylic acids is 1. The van der Waals surface area contributed by atoms with Gasteiger partial charge in [0.25, 0.3) is 0 Å². The summed E-state index contributed by atoms with van der Waals surface area (Å²) in [6.45, 7) is 0.908. The molecule has 0 amide bonds. The zero-order chi connectivity index (χ0) is 16.7. The number of methoxy groups -OCH3 is 1. The van der Waals surface area contributed by atoms with Gasteiger partial charge in [0, 0.05) is 24.8 Å². The highest BCUT2D eigenvalue weighted by Gasteiger charge is 2.24. The van der Waals surface area contributed by atoms with Crippen molar-refractivity contribution in [2.45, 2.75) is 6.42 Å². The van der Waals surface area contributed by atoms with E-state index in [9.17, 15) is 9.18 Å². The number of nitrogen functional groups attached to an aromatic ring is 1. The molecule has 0 atom stereocenters. The molecule has 0 bridgehead atoms. The van der Waals surface area contributed by atoms with Crippen LogP contribution in [-0.4, -0.2) is 31.7 Å². The molecule has 3 rings (SSSR count). The highest BCUT2D eigenvalue weighted by atomic mass is 35.5. The van der Waals surface area contributed by atoms with Crippen LogP contribution in [0.25, 0.3) is 11.3 Å². The van der Waals surface area contributed by atoms with Crippen molar-refractivity contribution in [3.63, 3.8) is 0 Å². The number of nitrogens with zero attached hydrogens (tertiary/aromatic N) is 2. The Morgan fingerprint density at radius 2 is 2.22 bits per heavy atom. The van der Waals surface area contributed by atoms with Gasteiger partial charge in [0.15, 0.2) is 11.5 Å². The van der Waals surface area contributed by atoms with Crippen LogP contribution in [0.5, 0.6) is 0 Å². The number of hydrogen-bond acceptors (Lipinski definition) is 5. The minimum atomic E-state index is -0.760. The zero-order valence-corrected chi connectivity index (χ0v) is 13.4. The number of carbonyl (C=O) groups is 1. The van der Waals surface area contributed by atoms with Crippen LogP contribution in [-0.2, 0) is 11.2 Å². The van der Waals surface area contributed by atoms with Crippen molar-refractivity contribution < 1.29 is 13.9 Å². The van der Waals surface area contributed by atoms with E-state index in [0.717, 1.165) is 24.2 Å². The fraction of sp³-hybridized carbons (Fsp3) is 0.250. The molecule has 7 heteroatoms. The minimum absolute atomic E-state index is 0.00958. The van der Waals surface area contributed by atoms with E-state index in [-0.39, 0.29) is 22.1 Å². The molecule has 23 heavy (non-hydrogen) atoms. The van der Waals surface area contributed by atoms with Gasteiger partial charge in [-0.25, -0.2) is 14.2 Å². The Morgan fingerprint density at radius 1 is 1.48 bits per heavy atom. The van der Waals surface area contributed by atoms with E-state index in [1.54, 1.807) is 6.07 Å². The first-order chi connectivity index (χ1) is 10.9. The lowest BCUT2D eigenvalue weighted by Gasteiger charge is -2.13. The van der Waals surface area contributed by atoms with Crippen LogP contribution in [0.2, 0.25) is 5.02 Å². The smallest absolute Gasteiger partial charge is 0.358 e. The van der Waals surface area contributed by atoms with Crippen molar-refractivity contribution in [2.24, 2.45) is 0 Å². The molecule has 2 heterocycles. The maximum absolute atomic E-state index is 14.5. The van der Waals surface area contributed by atoms with Gasteiger partial charge in [0.1, 0.15) is 5.69 Å². The normalized spacial score (nSPS) is 13.1. The Kier molecular flexibility index (Phi) is 3.85. The number of anilines is 2. The predicted molar refractivity (Wildman–Crippen MR) is 87.4 cm³/mol. The van der Waals surface area contributed by atoms with Gasteiger partial charge in [-0.05, 0) is 24.1 Å². The standard InChI is InChI=1S/C16H15ClFN3O2/c1-21-6-5-8-7-9(3-4-10(8)21)14-12(18)13(19)11(17)15(20-14)16(22)23-2/h3-4,7H,5-6H2,1-2H3,(H2,19,20). The van der Waals surface area contributed by atoms with Gasteiger partial charge in [0.2, 0.25) is 0 Å². The Hall–Kier alpha value is -2.34. The van der Waals surface area contributed by atoms with Crippen molar-refractivity contribution in [1.29, 1.82) is 0 Å². The molecule has 1 aromatic carbocycles. The summed E-state index contributed by atoms with van der Waals surface area (Å²) >= 11 is 5.91. The van der Waals surface area contributed by atoms with Gasteiger partial charge in [-0.2, -0.15) is 0 Å². The van der Waals surface area contributed by atoms with E-state index in [1.807, 2.05) is 19.2 Å². The number of fused-ring (bicyclic) bond motifs is 1. The van der Waals surface area contributed by atoms with Gasteiger partial charge in [-0.1, -0.05) is 17.7 Å². The maximum atomic E-state index is 14.5. The van der Waals surface area contributed by atoms with E-state index in [0.29, 0.717) is 5.56 Å². The van der Waals surface area contributed by atoms with Gasteiger partial charge >= 0.3 is 5.97 Å². The van der Waals surface area contributed by atoms with Gasteiger partial charge < -0.3 is 15.4 Å². The third kappa shape index (κ3) is 2.49. The monoisotopic (exact) mass is 335 g/mol. The number of likely N-dealkylation sites (N-methyl/N-ethyl adjacent to an activating group) is 1. The Bertz CT molecular complexity index is 810. The summed E-state index contributed by atoms with van der Waals surface area (Å²) < 4.78 is 19.1. The summed E-state index contributed by atoms with van der Waals surface area (Å²) in [5, 5.41) is -0.237. The molecular weight excluding hydrogens is 321 g/mol.